The molecule has 21 heavy (non-hydrogen) atoms. The molecular weight excluding hydrogens is 270 g/mol. The number of carbonyl (C=O) groups is 1. The van der Waals surface area contributed by atoms with Gasteiger partial charge in [-0.2, -0.15) is 5.10 Å². The Balaban J connectivity index is 2.19. The zero-order valence-electron chi connectivity index (χ0n) is 12.7. The maximum atomic E-state index is 11.8. The summed E-state index contributed by atoms with van der Waals surface area (Å²) in [6, 6.07) is 0. The van der Waals surface area contributed by atoms with Gasteiger partial charge in [0, 0.05) is 19.2 Å². The van der Waals surface area contributed by atoms with E-state index < -0.39 is 5.97 Å². The van der Waals surface area contributed by atoms with Crippen molar-refractivity contribution in [1.82, 2.24) is 19.3 Å². The van der Waals surface area contributed by atoms with Crippen molar-refractivity contribution in [2.24, 2.45) is 0 Å². The number of hydrogen-bond donors (Lipinski definition) is 1. The van der Waals surface area contributed by atoms with Crippen molar-refractivity contribution in [3.63, 3.8) is 0 Å². The van der Waals surface area contributed by atoms with Crippen LogP contribution in [0.5, 0.6) is 0 Å². The summed E-state index contributed by atoms with van der Waals surface area (Å²) in [5, 5.41) is 4.24. The maximum absolute atomic E-state index is 11.8. The highest BCUT2D eigenvalue weighted by atomic mass is 16.5. The quantitative estimate of drug-likeness (QED) is 0.813. The summed E-state index contributed by atoms with van der Waals surface area (Å²) in [7, 11) is 0. The van der Waals surface area contributed by atoms with E-state index in [0.717, 1.165) is 11.4 Å². The van der Waals surface area contributed by atoms with Gasteiger partial charge in [0.15, 0.2) is 5.69 Å². The van der Waals surface area contributed by atoms with Gasteiger partial charge < -0.3 is 15.0 Å². The third-order valence-corrected chi connectivity index (χ3v) is 3.19. The molecule has 0 amide bonds. The van der Waals surface area contributed by atoms with E-state index >= 15 is 0 Å². The van der Waals surface area contributed by atoms with Gasteiger partial charge in [-0.3, -0.25) is 4.68 Å². The number of carbonyl (C=O) groups excluding carboxylic acids is 1. The van der Waals surface area contributed by atoms with Crippen molar-refractivity contribution in [3.8, 4) is 0 Å². The highest BCUT2D eigenvalue weighted by Gasteiger charge is 2.20. The molecule has 0 bridgehead atoms. The SMILES string of the molecule is CCOC(=O)c1nc(CC)n(CCn2cc(C)cn2)c1N. The minimum absolute atomic E-state index is 0.199. The number of hydrogen-bond acceptors (Lipinski definition) is 5. The molecule has 0 radical (unpaired) electrons. The summed E-state index contributed by atoms with van der Waals surface area (Å²) in [5.74, 6) is 0.659. The number of rotatable bonds is 6. The van der Waals surface area contributed by atoms with E-state index in [1.807, 2.05) is 35.5 Å². The third-order valence-electron chi connectivity index (χ3n) is 3.19. The van der Waals surface area contributed by atoms with Crippen LogP contribution in [-0.2, 0) is 24.2 Å². The number of esters is 1. The molecule has 2 rings (SSSR count). The number of nitrogen functional groups attached to an aromatic ring is 1. The van der Waals surface area contributed by atoms with Gasteiger partial charge in [-0.05, 0) is 19.4 Å². The monoisotopic (exact) mass is 291 g/mol. The molecule has 114 valence electrons. The second-order valence-electron chi connectivity index (χ2n) is 4.77. The summed E-state index contributed by atoms with van der Waals surface area (Å²) in [6.07, 6.45) is 4.47. The lowest BCUT2D eigenvalue weighted by atomic mass is 10.4. The molecule has 7 nitrogen and oxygen atoms in total. The number of imidazole rings is 1. The molecule has 7 heteroatoms. The van der Waals surface area contributed by atoms with Crippen molar-refractivity contribution in [2.75, 3.05) is 12.3 Å². The van der Waals surface area contributed by atoms with Gasteiger partial charge in [-0.25, -0.2) is 9.78 Å². The molecule has 0 atom stereocenters. The summed E-state index contributed by atoms with van der Waals surface area (Å²) in [5.41, 5.74) is 7.36. The lowest BCUT2D eigenvalue weighted by Crippen LogP contribution is -2.13. The van der Waals surface area contributed by atoms with E-state index in [1.165, 1.54) is 0 Å². The highest BCUT2D eigenvalue weighted by molar-refractivity contribution is 5.92. The second kappa shape index (κ2) is 6.43. The van der Waals surface area contributed by atoms with Crippen molar-refractivity contribution < 1.29 is 9.53 Å². The minimum atomic E-state index is -0.474. The summed E-state index contributed by atoms with van der Waals surface area (Å²) in [6.45, 7) is 7.31. The standard InChI is InChI=1S/C14H21N5O2/c1-4-11-17-12(14(20)21-5-2)13(15)19(11)7-6-18-9-10(3)8-16-18/h8-9H,4-7,15H2,1-3H3. The number of nitrogens with zero attached hydrogens (tertiary/aromatic N) is 4. The van der Waals surface area contributed by atoms with Crippen molar-refractivity contribution >= 4 is 11.8 Å². The van der Waals surface area contributed by atoms with Gasteiger partial charge in [0.1, 0.15) is 11.6 Å². The van der Waals surface area contributed by atoms with E-state index in [0.29, 0.717) is 31.9 Å². The Hall–Kier alpha value is -2.31. The van der Waals surface area contributed by atoms with Crippen molar-refractivity contribution in [2.45, 2.75) is 40.3 Å². The number of aryl methyl sites for hydroxylation is 3. The zero-order valence-corrected chi connectivity index (χ0v) is 12.7. The fourth-order valence-corrected chi connectivity index (χ4v) is 2.17. The molecule has 0 aliphatic heterocycles. The first-order valence-corrected chi connectivity index (χ1v) is 7.07. The molecule has 0 aromatic carbocycles. The smallest absolute Gasteiger partial charge is 0.360 e. The van der Waals surface area contributed by atoms with Crippen LogP contribution in [0.4, 0.5) is 5.82 Å². The minimum Gasteiger partial charge on any atom is -0.461 e. The van der Waals surface area contributed by atoms with E-state index in [4.69, 9.17) is 10.5 Å². The van der Waals surface area contributed by atoms with Crippen LogP contribution in [-0.4, -0.2) is 31.9 Å². The largest absolute Gasteiger partial charge is 0.461 e. The second-order valence-corrected chi connectivity index (χ2v) is 4.77. The molecule has 2 heterocycles. The molecular formula is C14H21N5O2. The van der Waals surface area contributed by atoms with E-state index in [2.05, 4.69) is 10.1 Å². The first-order valence-electron chi connectivity index (χ1n) is 7.07. The van der Waals surface area contributed by atoms with Crippen LogP contribution in [0, 0.1) is 6.92 Å². The fourth-order valence-electron chi connectivity index (χ4n) is 2.17. The zero-order chi connectivity index (χ0) is 15.4. The van der Waals surface area contributed by atoms with Gasteiger partial charge in [0.25, 0.3) is 0 Å². The normalized spacial score (nSPS) is 10.8. The molecule has 2 aromatic heterocycles. The van der Waals surface area contributed by atoms with E-state index in [1.54, 1.807) is 6.92 Å². The Kier molecular flexibility index (Phi) is 4.62. The Labute approximate surface area is 123 Å². The molecule has 2 N–H and O–H groups in total. The van der Waals surface area contributed by atoms with Crippen LogP contribution < -0.4 is 5.73 Å². The molecule has 0 saturated heterocycles. The molecule has 2 aromatic rings. The van der Waals surface area contributed by atoms with Gasteiger partial charge in [0.2, 0.25) is 0 Å². The van der Waals surface area contributed by atoms with Crippen LogP contribution >= 0.6 is 0 Å². The van der Waals surface area contributed by atoms with Crippen LogP contribution in [0.3, 0.4) is 0 Å². The van der Waals surface area contributed by atoms with Gasteiger partial charge in [-0.1, -0.05) is 6.92 Å². The third kappa shape index (κ3) is 3.24. The number of aromatic nitrogens is 4. The van der Waals surface area contributed by atoms with Gasteiger partial charge in [-0.15, -0.1) is 0 Å². The molecule has 0 unspecified atom stereocenters. The maximum Gasteiger partial charge on any atom is 0.360 e. The van der Waals surface area contributed by atoms with Crippen LogP contribution in [0.2, 0.25) is 0 Å². The molecule has 0 spiro atoms. The predicted molar refractivity (Wildman–Crippen MR) is 78.9 cm³/mol. The fraction of sp³-hybridized carbons (Fsp3) is 0.500. The van der Waals surface area contributed by atoms with E-state index in [9.17, 15) is 4.79 Å². The molecule has 0 aliphatic carbocycles. The highest BCUT2D eigenvalue weighted by Crippen LogP contribution is 2.16. The Bertz CT molecular complexity index is 629. The summed E-state index contributed by atoms with van der Waals surface area (Å²) >= 11 is 0. The van der Waals surface area contributed by atoms with Crippen LogP contribution in [0.25, 0.3) is 0 Å². The average Bonchev–Trinajstić information content (AvgIpc) is 3.00. The summed E-state index contributed by atoms with van der Waals surface area (Å²) in [4.78, 5) is 16.1. The first kappa shape index (κ1) is 15.1. The lowest BCUT2D eigenvalue weighted by molar-refractivity contribution is 0.0521. The van der Waals surface area contributed by atoms with E-state index in [-0.39, 0.29) is 5.69 Å². The van der Waals surface area contributed by atoms with Gasteiger partial charge in [0.05, 0.1) is 19.3 Å². The lowest BCUT2D eigenvalue weighted by Gasteiger charge is -2.09. The topological polar surface area (TPSA) is 88.0 Å². The predicted octanol–water partition coefficient (Wildman–Crippen LogP) is 1.41. The Morgan fingerprint density at radius 1 is 1.38 bits per heavy atom. The van der Waals surface area contributed by atoms with Crippen LogP contribution in [0.1, 0.15) is 35.7 Å². The first-order chi connectivity index (χ1) is 10.1. The molecule has 0 saturated carbocycles. The summed E-state index contributed by atoms with van der Waals surface area (Å²) < 4.78 is 8.67. The number of anilines is 1. The van der Waals surface area contributed by atoms with Gasteiger partial charge >= 0.3 is 5.97 Å². The van der Waals surface area contributed by atoms with Crippen molar-refractivity contribution in [3.05, 3.63) is 29.5 Å². The molecule has 0 fully saturated rings. The van der Waals surface area contributed by atoms with Crippen LogP contribution in [0.15, 0.2) is 12.4 Å². The average molecular weight is 291 g/mol. The Morgan fingerprint density at radius 2 is 2.14 bits per heavy atom. The number of nitrogens with two attached hydrogens (primary N) is 1. The Morgan fingerprint density at radius 3 is 2.71 bits per heavy atom. The molecule has 0 aliphatic rings. The number of ether oxygens (including phenoxy) is 1. The van der Waals surface area contributed by atoms with Crippen molar-refractivity contribution in [1.29, 1.82) is 0 Å².